The second-order valence-electron chi connectivity index (χ2n) is 6.87. The Morgan fingerprint density at radius 3 is 1.47 bits per heavy atom. The lowest BCUT2D eigenvalue weighted by atomic mass is 9.94. The molecule has 1 atom stereocenters. The zero-order chi connectivity index (χ0) is 21.7. The summed E-state index contributed by atoms with van der Waals surface area (Å²) in [4.78, 5) is 14.0. The van der Waals surface area contributed by atoms with Gasteiger partial charge in [0.05, 0.1) is 18.2 Å². The van der Waals surface area contributed by atoms with E-state index in [1.807, 2.05) is 7.05 Å². The van der Waals surface area contributed by atoms with Crippen LogP contribution in [-0.4, -0.2) is 39.1 Å². The van der Waals surface area contributed by atoms with Crippen LogP contribution in [0.2, 0.25) is 0 Å². The van der Waals surface area contributed by atoms with E-state index < -0.39 is 13.2 Å². The third kappa shape index (κ3) is 5.93. The fourth-order valence-corrected chi connectivity index (χ4v) is 3.21. The molecule has 1 aliphatic rings. The van der Waals surface area contributed by atoms with Crippen LogP contribution in [0, 0.1) is 0 Å². The van der Waals surface area contributed by atoms with E-state index >= 15 is 0 Å². The first-order valence-electron chi connectivity index (χ1n) is 9.17. The summed E-state index contributed by atoms with van der Waals surface area (Å²) in [6.45, 7) is -4.75. The van der Waals surface area contributed by atoms with Crippen molar-refractivity contribution in [2.24, 2.45) is 0 Å². The van der Waals surface area contributed by atoms with Crippen LogP contribution in [0.5, 0.6) is 11.5 Å². The molecule has 0 spiro atoms. The summed E-state index contributed by atoms with van der Waals surface area (Å²) in [6.07, 6.45) is 3.45. The molecule has 0 radical (unpaired) electrons. The van der Waals surface area contributed by atoms with Gasteiger partial charge < -0.3 is 14.4 Å². The van der Waals surface area contributed by atoms with Crippen LogP contribution in [0.25, 0.3) is 12.2 Å². The molecular weight excluding hydrogens is 402 g/mol. The maximum absolute atomic E-state index is 12.9. The number of hydrogen-bond acceptors (Lipinski definition) is 3. The predicted octanol–water partition coefficient (Wildman–Crippen LogP) is 3.45. The summed E-state index contributed by atoms with van der Waals surface area (Å²) in [5.41, 5.74) is 2.57. The Kier molecular flexibility index (Phi) is 6.89. The van der Waals surface area contributed by atoms with Gasteiger partial charge in [-0.1, -0.05) is 24.3 Å². The Morgan fingerprint density at radius 2 is 1.13 bits per heavy atom. The van der Waals surface area contributed by atoms with Crippen molar-refractivity contribution in [2.45, 2.75) is 13.2 Å². The Bertz CT molecular complexity index is 862. The minimum absolute atomic E-state index is 0.0460. The van der Waals surface area contributed by atoms with Crippen LogP contribution >= 0.6 is 0 Å². The highest BCUT2D eigenvalue weighted by atomic mass is 19.3. The van der Waals surface area contributed by atoms with E-state index in [-0.39, 0.29) is 17.3 Å². The van der Waals surface area contributed by atoms with Crippen LogP contribution < -0.4 is 14.4 Å². The standard InChI is InChI=1S/C22H19F4NO3/c1-27-12-16(10-14-2-6-18(7-3-14)29-21(23)24)20(28)17(13-27)11-15-4-8-19(9-5-15)30-22(25)26/h2-11,21-22H,12-13H2,1H3/p+1/b16-10-,17-11+. The Balaban J connectivity index is 1.79. The molecule has 1 heterocycles. The first-order chi connectivity index (χ1) is 14.3. The molecule has 1 unspecified atom stereocenters. The monoisotopic (exact) mass is 422 g/mol. The highest BCUT2D eigenvalue weighted by Gasteiger charge is 2.27. The summed E-state index contributed by atoms with van der Waals surface area (Å²) in [7, 11) is 1.95. The van der Waals surface area contributed by atoms with Crippen molar-refractivity contribution >= 4 is 17.9 Å². The van der Waals surface area contributed by atoms with Crippen molar-refractivity contribution < 1.29 is 36.7 Å². The molecule has 1 aliphatic heterocycles. The molecule has 30 heavy (non-hydrogen) atoms. The average Bonchev–Trinajstić information content (AvgIpc) is 2.67. The molecule has 3 rings (SSSR count). The molecule has 1 fully saturated rings. The van der Waals surface area contributed by atoms with E-state index in [0.29, 0.717) is 35.4 Å². The third-order valence-electron chi connectivity index (χ3n) is 4.46. The number of nitrogens with one attached hydrogen (secondary N) is 1. The summed E-state index contributed by atoms with van der Waals surface area (Å²) >= 11 is 0. The molecule has 0 aromatic heterocycles. The number of carbonyl (C=O) groups excluding carboxylic acids is 1. The third-order valence-corrected chi connectivity index (χ3v) is 4.46. The first kappa shape index (κ1) is 21.6. The van der Waals surface area contributed by atoms with Gasteiger partial charge in [0, 0.05) is 0 Å². The predicted molar refractivity (Wildman–Crippen MR) is 104 cm³/mol. The van der Waals surface area contributed by atoms with Crippen LogP contribution in [0.15, 0.2) is 59.7 Å². The van der Waals surface area contributed by atoms with E-state index in [2.05, 4.69) is 9.47 Å². The van der Waals surface area contributed by atoms with Crippen LogP contribution in [0.3, 0.4) is 0 Å². The van der Waals surface area contributed by atoms with Crippen LogP contribution in [-0.2, 0) is 4.79 Å². The van der Waals surface area contributed by atoms with Gasteiger partial charge in [0.1, 0.15) is 24.6 Å². The number of halogens is 4. The van der Waals surface area contributed by atoms with Gasteiger partial charge in [-0.25, -0.2) is 0 Å². The molecule has 158 valence electrons. The van der Waals surface area contributed by atoms with Gasteiger partial charge >= 0.3 is 13.2 Å². The van der Waals surface area contributed by atoms with E-state index in [4.69, 9.17) is 0 Å². The number of piperidine rings is 1. The van der Waals surface area contributed by atoms with Crippen molar-refractivity contribution in [2.75, 3.05) is 20.1 Å². The topological polar surface area (TPSA) is 40.0 Å². The summed E-state index contributed by atoms with van der Waals surface area (Å²) < 4.78 is 57.7. The lowest BCUT2D eigenvalue weighted by Gasteiger charge is -2.23. The SMILES string of the molecule is C[NH+]1C/C(=C/c2ccc(OC(F)F)cc2)C(=O)/C(=C/c2ccc(OC(F)F)cc2)C1. The molecule has 8 heteroatoms. The highest BCUT2D eigenvalue weighted by molar-refractivity contribution is 6.14. The lowest BCUT2D eigenvalue weighted by Crippen LogP contribution is -3.10. The van der Waals surface area contributed by atoms with Crippen molar-refractivity contribution in [1.29, 1.82) is 0 Å². The maximum Gasteiger partial charge on any atom is 0.387 e. The molecule has 0 aliphatic carbocycles. The molecule has 4 nitrogen and oxygen atoms in total. The van der Waals surface area contributed by atoms with Crippen molar-refractivity contribution in [3.05, 3.63) is 70.8 Å². The second kappa shape index (κ2) is 9.58. The number of rotatable bonds is 6. The molecule has 1 saturated heterocycles. The number of likely N-dealkylation sites (tertiary alicyclic amines) is 1. The van der Waals surface area contributed by atoms with Gasteiger partial charge in [0.2, 0.25) is 0 Å². The summed E-state index contributed by atoms with van der Waals surface area (Å²) in [6, 6.07) is 12.1. The molecule has 0 saturated carbocycles. The van der Waals surface area contributed by atoms with Gasteiger partial charge in [-0.3, -0.25) is 4.79 Å². The number of likely N-dealkylation sites (N-methyl/N-ethyl adjacent to an activating group) is 1. The summed E-state index contributed by atoms with van der Waals surface area (Å²) in [5.74, 6) is -0.0177. The number of alkyl halides is 4. The van der Waals surface area contributed by atoms with E-state index in [1.54, 1.807) is 36.4 Å². The van der Waals surface area contributed by atoms with Crippen LogP contribution in [0.1, 0.15) is 11.1 Å². The number of Topliss-reactive ketones (excluding diaryl/α,β-unsaturated/α-hetero) is 1. The van der Waals surface area contributed by atoms with Gasteiger partial charge in [0.25, 0.3) is 0 Å². The molecule has 0 bridgehead atoms. The van der Waals surface area contributed by atoms with E-state index in [1.165, 1.54) is 24.3 Å². The molecular formula is C22H20F4NO3+. The fourth-order valence-electron chi connectivity index (χ4n) is 3.21. The van der Waals surface area contributed by atoms with E-state index in [0.717, 1.165) is 4.90 Å². The van der Waals surface area contributed by atoms with Crippen LogP contribution in [0.4, 0.5) is 17.6 Å². The Labute approximate surface area is 171 Å². The second-order valence-corrected chi connectivity index (χ2v) is 6.87. The number of carbonyl (C=O) groups is 1. The minimum atomic E-state index is -2.89. The number of quaternary nitrogens is 1. The molecule has 2 aromatic carbocycles. The normalized spacial score (nSPS) is 19.7. The van der Waals surface area contributed by atoms with Gasteiger partial charge in [-0.05, 0) is 47.5 Å². The first-order valence-corrected chi connectivity index (χ1v) is 9.17. The number of ether oxygens (including phenoxy) is 2. The Hall–Kier alpha value is -3.13. The molecule has 2 aromatic rings. The molecule has 0 amide bonds. The molecule has 1 N–H and O–H groups in total. The Morgan fingerprint density at radius 1 is 0.767 bits per heavy atom. The van der Waals surface area contributed by atoms with Crippen molar-refractivity contribution in [3.63, 3.8) is 0 Å². The highest BCUT2D eigenvalue weighted by Crippen LogP contribution is 2.21. The quantitative estimate of drug-likeness (QED) is 0.573. The van der Waals surface area contributed by atoms with Crippen molar-refractivity contribution in [3.8, 4) is 11.5 Å². The smallest absolute Gasteiger partial charge is 0.387 e. The fraction of sp³-hybridized carbons (Fsp3) is 0.227. The van der Waals surface area contributed by atoms with Gasteiger partial charge in [-0.2, -0.15) is 17.6 Å². The number of hydrogen-bond donors (Lipinski definition) is 1. The maximum atomic E-state index is 12.9. The zero-order valence-electron chi connectivity index (χ0n) is 16.1. The summed E-state index contributed by atoms with van der Waals surface area (Å²) in [5, 5.41) is 0. The largest absolute Gasteiger partial charge is 0.435 e. The average molecular weight is 422 g/mol. The lowest BCUT2D eigenvalue weighted by molar-refractivity contribution is -0.870. The minimum Gasteiger partial charge on any atom is -0.435 e. The van der Waals surface area contributed by atoms with Gasteiger partial charge in [0.15, 0.2) is 5.78 Å². The van der Waals surface area contributed by atoms with E-state index in [9.17, 15) is 22.4 Å². The zero-order valence-corrected chi connectivity index (χ0v) is 16.1. The van der Waals surface area contributed by atoms with Gasteiger partial charge in [-0.15, -0.1) is 0 Å². The number of ketones is 1. The van der Waals surface area contributed by atoms with Crippen molar-refractivity contribution in [1.82, 2.24) is 0 Å². The number of benzene rings is 2.